The van der Waals surface area contributed by atoms with Gasteiger partial charge in [-0.05, 0) is 0 Å². The van der Waals surface area contributed by atoms with Crippen molar-refractivity contribution in [3.8, 4) is 0 Å². The average Bonchev–Trinajstić information content (AvgIpc) is 2.97. The molecule has 0 aliphatic heterocycles. The molecule has 244 valence electrons. The first-order valence-electron chi connectivity index (χ1n) is 16.5. The molecule has 0 heterocycles. The van der Waals surface area contributed by atoms with Crippen LogP contribution in [-0.4, -0.2) is 35.4 Å². The summed E-state index contributed by atoms with van der Waals surface area (Å²) in [7, 11) is -6.87. The van der Waals surface area contributed by atoms with Gasteiger partial charge in [-0.2, -0.15) is 0 Å². The van der Waals surface area contributed by atoms with E-state index in [4.69, 9.17) is 13.4 Å². The summed E-state index contributed by atoms with van der Waals surface area (Å²) in [5.74, 6) is 0. The molecule has 45 heavy (non-hydrogen) atoms. The Kier molecular flexibility index (Phi) is 11.1. The topological polar surface area (TPSA) is 27.7 Å². The van der Waals surface area contributed by atoms with Crippen molar-refractivity contribution < 1.29 is 13.4 Å². The van der Waals surface area contributed by atoms with Crippen molar-refractivity contribution in [2.45, 2.75) is 103 Å². The summed E-state index contributed by atoms with van der Waals surface area (Å²) in [6.45, 7) is 28.3. The number of benzene rings is 3. The first-order valence-corrected chi connectivity index (χ1v) is 24.2. The Morgan fingerprint density at radius 3 is 1.29 bits per heavy atom. The van der Waals surface area contributed by atoms with Crippen LogP contribution in [0.25, 0.3) is 0 Å². The van der Waals surface area contributed by atoms with Crippen LogP contribution in [0.5, 0.6) is 0 Å². The van der Waals surface area contributed by atoms with E-state index in [2.05, 4.69) is 171 Å². The minimum atomic E-state index is -2.79. The Labute approximate surface area is 276 Å². The van der Waals surface area contributed by atoms with Crippen molar-refractivity contribution in [2.75, 3.05) is 6.61 Å². The van der Waals surface area contributed by atoms with Crippen molar-refractivity contribution in [1.82, 2.24) is 0 Å². The Balaban J connectivity index is 1.72. The number of hydrogen-bond acceptors (Lipinski definition) is 3. The van der Waals surface area contributed by atoms with Crippen molar-refractivity contribution in [2.24, 2.45) is 0 Å². The van der Waals surface area contributed by atoms with Crippen LogP contribution >= 0.6 is 7.49 Å². The quantitative estimate of drug-likeness (QED) is 0.123. The molecule has 1 saturated carbocycles. The molecule has 3 aromatic carbocycles. The molecule has 0 N–H and O–H groups in total. The van der Waals surface area contributed by atoms with Crippen molar-refractivity contribution >= 4 is 40.0 Å². The molecule has 6 heteroatoms. The van der Waals surface area contributed by atoms with Crippen LogP contribution in [0.15, 0.2) is 115 Å². The van der Waals surface area contributed by atoms with E-state index in [9.17, 15) is 0 Å². The molecule has 3 aromatic rings. The van der Waals surface area contributed by atoms with E-state index in [0.717, 1.165) is 18.4 Å². The van der Waals surface area contributed by atoms with Gasteiger partial charge in [0.05, 0.1) is 0 Å². The molecule has 0 aromatic heterocycles. The first-order chi connectivity index (χ1) is 21.0. The summed E-state index contributed by atoms with van der Waals surface area (Å²) in [4.78, 5) is 0. The van der Waals surface area contributed by atoms with E-state index in [1.54, 1.807) is 0 Å². The first kappa shape index (κ1) is 35.7. The molecule has 1 aliphatic carbocycles. The molecule has 3 nitrogen and oxygen atoms in total. The van der Waals surface area contributed by atoms with Crippen molar-refractivity contribution in [3.63, 3.8) is 0 Å². The standard InChI is InChI=1S/C39H57O3PSi2/c1-31-36(41-44(8,9)38(2,3)4)29-32(30-37(31)42-45(10,11)39(5,6)7)27-28-40-43(33-21-15-12-16-22-33,34-23-17-13-18-24-34)35-25-19-14-20-26-35/h12-27,36-37,43H,1,28-30H2,2-11H3/b32-27-/t36-,37+/m0/s1. The van der Waals surface area contributed by atoms with Gasteiger partial charge in [-0.1, -0.05) is 0 Å². The van der Waals surface area contributed by atoms with E-state index in [0.29, 0.717) is 6.61 Å². The second-order valence-electron chi connectivity index (χ2n) is 15.7. The van der Waals surface area contributed by atoms with E-state index in [-0.39, 0.29) is 22.3 Å². The molecule has 2 atom stereocenters. The maximum atomic E-state index is 7.27. The van der Waals surface area contributed by atoms with Crippen LogP contribution in [0.3, 0.4) is 0 Å². The van der Waals surface area contributed by atoms with Crippen LogP contribution in [0, 0.1) is 0 Å². The third-order valence-corrected chi connectivity index (χ3v) is 23.4. The molecule has 0 amide bonds. The fourth-order valence-corrected chi connectivity index (χ4v) is 12.0. The molecule has 0 unspecified atom stereocenters. The fraction of sp³-hybridized carbons (Fsp3) is 0.436. The van der Waals surface area contributed by atoms with Crippen molar-refractivity contribution in [3.05, 3.63) is 115 Å². The summed E-state index contributed by atoms with van der Waals surface area (Å²) in [6, 6.07) is 32.4. The van der Waals surface area contributed by atoms with Gasteiger partial charge in [0.15, 0.2) is 0 Å². The Bertz CT molecular complexity index is 1300. The molecule has 0 saturated heterocycles. The van der Waals surface area contributed by atoms with Crippen LogP contribution in [-0.2, 0) is 13.4 Å². The SMILES string of the molecule is C=C1[C@@H](O[Si](C)(C)C(C)(C)C)C/C(=C/CO[PH](c2ccccc2)(c2ccccc2)c2ccccc2)C[C@H]1O[Si](C)(C)C(C)(C)C. The van der Waals surface area contributed by atoms with E-state index < -0.39 is 24.1 Å². The Morgan fingerprint density at radius 1 is 0.644 bits per heavy atom. The van der Waals surface area contributed by atoms with Crippen molar-refractivity contribution in [1.29, 1.82) is 0 Å². The molecule has 1 fully saturated rings. The van der Waals surface area contributed by atoms with Crippen LogP contribution < -0.4 is 15.9 Å². The predicted octanol–water partition coefficient (Wildman–Crippen LogP) is 9.70. The summed E-state index contributed by atoms with van der Waals surface area (Å²) in [5.41, 5.74) is 2.44. The summed E-state index contributed by atoms with van der Waals surface area (Å²) in [5, 5.41) is 3.96. The zero-order valence-electron chi connectivity index (χ0n) is 29.4. The Hall–Kier alpha value is -2.12. The van der Waals surface area contributed by atoms with Gasteiger partial charge in [0, 0.05) is 0 Å². The molecular weight excluding hydrogens is 604 g/mol. The monoisotopic (exact) mass is 660 g/mol. The van der Waals surface area contributed by atoms with Crippen LogP contribution in [0.4, 0.5) is 0 Å². The zero-order valence-corrected chi connectivity index (χ0v) is 32.4. The zero-order chi connectivity index (χ0) is 33.1. The molecule has 0 radical (unpaired) electrons. The van der Waals surface area contributed by atoms with E-state index >= 15 is 0 Å². The predicted molar refractivity (Wildman–Crippen MR) is 203 cm³/mol. The van der Waals surface area contributed by atoms with Gasteiger partial charge >= 0.3 is 278 Å². The third-order valence-electron chi connectivity index (χ3n) is 10.4. The number of hydrogen-bond donors (Lipinski definition) is 0. The fourth-order valence-electron chi connectivity index (χ4n) is 5.55. The third kappa shape index (κ3) is 8.07. The van der Waals surface area contributed by atoms with Gasteiger partial charge in [0.25, 0.3) is 0 Å². The second-order valence-corrected chi connectivity index (χ2v) is 28.6. The van der Waals surface area contributed by atoms with Gasteiger partial charge in [-0.15, -0.1) is 0 Å². The molecule has 0 bridgehead atoms. The van der Waals surface area contributed by atoms with Gasteiger partial charge in [0.1, 0.15) is 0 Å². The van der Waals surface area contributed by atoms with Gasteiger partial charge in [-0.25, -0.2) is 0 Å². The molecule has 0 spiro atoms. The molecule has 1 aliphatic rings. The Morgan fingerprint density at radius 2 is 0.978 bits per heavy atom. The van der Waals surface area contributed by atoms with Crippen LogP contribution in [0.2, 0.25) is 36.3 Å². The van der Waals surface area contributed by atoms with Gasteiger partial charge < -0.3 is 0 Å². The number of rotatable bonds is 10. The normalized spacial score (nSPS) is 20.0. The molecular formula is C39H57O3PSi2. The average molecular weight is 661 g/mol. The van der Waals surface area contributed by atoms with E-state index in [1.165, 1.54) is 21.5 Å². The van der Waals surface area contributed by atoms with E-state index in [1.807, 2.05) is 0 Å². The maximum absolute atomic E-state index is 7.27. The second kappa shape index (κ2) is 13.9. The van der Waals surface area contributed by atoms with Gasteiger partial charge in [0.2, 0.25) is 0 Å². The minimum absolute atomic E-state index is 0.0555. The summed E-state index contributed by atoms with van der Waals surface area (Å²) >= 11 is 0. The summed E-state index contributed by atoms with van der Waals surface area (Å²) in [6.07, 6.45) is 3.89. The van der Waals surface area contributed by atoms with Crippen LogP contribution in [0.1, 0.15) is 54.4 Å². The van der Waals surface area contributed by atoms with Gasteiger partial charge in [-0.3, -0.25) is 0 Å². The molecule has 4 rings (SSSR count). The summed E-state index contributed by atoms with van der Waals surface area (Å²) < 4.78 is 21.4.